The maximum atomic E-state index is 14.4. The van der Waals surface area contributed by atoms with Gasteiger partial charge in [-0.1, -0.05) is 98.0 Å². The molecule has 5 aliphatic carbocycles. The molecule has 4 saturated carbocycles. The van der Waals surface area contributed by atoms with Gasteiger partial charge in [0, 0.05) is 47.6 Å². The average Bonchev–Trinajstić information content (AvgIpc) is 1.41. The molecule has 4 fully saturated rings. The molecule has 482 valence electrons. The molecule has 16 nitrogen and oxygen atoms in total. The number of hydrogen-bond acceptors (Lipinski definition) is 15. The Hall–Kier alpha value is -4.37. The maximum Gasteiger partial charge on any atom is 0.266 e. The fraction of sp³-hybridized carbons (Fsp3) is 0.657. The van der Waals surface area contributed by atoms with E-state index >= 15 is 0 Å². The van der Waals surface area contributed by atoms with Gasteiger partial charge in [0.2, 0.25) is 5.88 Å². The van der Waals surface area contributed by atoms with Crippen molar-refractivity contribution >= 4 is 38.9 Å². The normalized spacial score (nSPS) is 25.9. The Balaban J connectivity index is 0.513. The number of pyridine rings is 1. The minimum atomic E-state index is -0.621. The topological polar surface area (TPSA) is 181 Å². The van der Waals surface area contributed by atoms with E-state index in [4.69, 9.17) is 44.8 Å². The monoisotopic (exact) mass is 1250 g/mol. The van der Waals surface area contributed by atoms with Crippen molar-refractivity contribution in [2.24, 2.45) is 34.5 Å². The number of amides is 1. The Morgan fingerprint density at radius 1 is 0.784 bits per heavy atom. The molecule has 8 atom stereocenters. The summed E-state index contributed by atoms with van der Waals surface area (Å²) in [5, 5.41) is 35.7. The van der Waals surface area contributed by atoms with E-state index in [1.165, 1.54) is 42.6 Å². The average molecular weight is 1250 g/mol. The number of halogens is 1. The van der Waals surface area contributed by atoms with Crippen LogP contribution in [0.2, 0.25) is 5.02 Å². The lowest BCUT2D eigenvalue weighted by Gasteiger charge is -2.59. The molecule has 88 heavy (non-hydrogen) atoms. The van der Waals surface area contributed by atoms with Crippen LogP contribution >= 0.6 is 22.9 Å². The van der Waals surface area contributed by atoms with Crippen LogP contribution in [-0.4, -0.2) is 151 Å². The van der Waals surface area contributed by atoms with Gasteiger partial charge in [-0.2, -0.15) is 0 Å². The van der Waals surface area contributed by atoms with Crippen LogP contribution in [0.4, 0.5) is 0 Å². The highest BCUT2D eigenvalue weighted by Gasteiger charge is 2.61. The highest BCUT2D eigenvalue weighted by Crippen LogP contribution is 2.68. The van der Waals surface area contributed by atoms with Gasteiger partial charge in [-0.3, -0.25) is 4.79 Å². The first kappa shape index (κ1) is 66.5. The first-order valence-corrected chi connectivity index (χ1v) is 34.3. The second-order valence-electron chi connectivity index (χ2n) is 26.3. The van der Waals surface area contributed by atoms with Gasteiger partial charge < -0.3 is 53.6 Å². The number of carbonyl (C=O) groups excluding carboxylic acids is 1. The number of nitrogens with one attached hydrogen (secondary N) is 1. The number of rotatable bonds is 35. The summed E-state index contributed by atoms with van der Waals surface area (Å²) in [6.07, 6.45) is 24.1. The van der Waals surface area contributed by atoms with E-state index in [9.17, 15) is 15.0 Å². The van der Waals surface area contributed by atoms with Gasteiger partial charge in [0.15, 0.2) is 0 Å². The number of aliphatic hydroxyl groups is 2. The van der Waals surface area contributed by atoms with Crippen LogP contribution in [0.25, 0.3) is 21.2 Å². The Labute approximate surface area is 531 Å². The lowest BCUT2D eigenvalue weighted by Crippen LogP contribution is -2.53. The zero-order valence-electron chi connectivity index (χ0n) is 52.9. The third-order valence-electron chi connectivity index (χ3n) is 20.7. The number of carbonyl (C=O) groups is 1. The number of allylic oxidation sites excluding steroid dienone is 1. The van der Waals surface area contributed by atoms with Gasteiger partial charge in [-0.15, -0.1) is 16.4 Å². The highest BCUT2D eigenvalue weighted by atomic mass is 35.5. The molecule has 0 radical (unpaired) electrons. The summed E-state index contributed by atoms with van der Waals surface area (Å²) in [6.45, 7) is 14.4. The summed E-state index contributed by atoms with van der Waals surface area (Å²) < 4.78 is 43.3. The molecule has 0 aliphatic heterocycles. The van der Waals surface area contributed by atoms with Crippen molar-refractivity contribution in [1.82, 2.24) is 30.2 Å². The Bertz CT molecular complexity index is 3000. The summed E-state index contributed by atoms with van der Waals surface area (Å²) in [5.41, 5.74) is 5.20. The molecule has 2 aromatic carbocycles. The molecule has 18 heteroatoms. The SMILES string of the molecule is CNC1CCC(N(Cc2cccc(-c3ccnc(OCCOCCOCCOCCn4cc(COCCOCCOCCCCCC[C@](C)(O)C5CC[C@H]6[C@@H]7CC=C8C[C@@H](O)CC[C@]8(C)[C@H]7CC[C@]56C)nn4)c3)c2)C(=O)c2sc3ccccc3c2Cl)CC1. The predicted octanol–water partition coefficient (Wildman–Crippen LogP) is 12.7. The Morgan fingerprint density at radius 2 is 1.50 bits per heavy atom. The fourth-order valence-electron chi connectivity index (χ4n) is 16.0. The molecule has 1 amide bonds. The standard InChI is InChI=1S/C70H99ClN6O10S/c1-68-28-24-57(78)46-53(68)16-21-58-60-22-23-63(69(60,2)29-25-61(58)68)70(3,80)27-9-5-6-10-32-81-34-36-84-40-41-86-49-55-48-76(75-74-55)31-33-82-35-37-83-38-39-85-42-43-87-64-45-52(26-30-73-64)51-13-11-12-50(44-51)47-77(56-19-17-54(72-4)18-20-56)67(79)66-65(71)59-14-7-8-15-62(59)88-66/h7-8,11-16,26,30,44-45,48,54,56-58,60-61,63,72,78,80H,5-6,9-10,17-25,27-29,31-43,46-47,49H2,1-4H3/t54?,56?,57-,58-,60-,61-,63?,68-,69-,70-/m0/s1. The highest BCUT2D eigenvalue weighted by molar-refractivity contribution is 7.21. The predicted molar refractivity (Wildman–Crippen MR) is 346 cm³/mol. The molecular weight excluding hydrogens is 1150 g/mol. The van der Waals surface area contributed by atoms with Gasteiger partial charge in [0.1, 0.15) is 17.2 Å². The van der Waals surface area contributed by atoms with Crippen LogP contribution in [0, 0.1) is 34.5 Å². The third-order valence-corrected chi connectivity index (χ3v) is 22.4. The summed E-state index contributed by atoms with van der Waals surface area (Å²) in [7, 11) is 2.02. The van der Waals surface area contributed by atoms with E-state index in [-0.39, 0.29) is 28.9 Å². The number of aromatic nitrogens is 4. The van der Waals surface area contributed by atoms with Crippen LogP contribution in [0.5, 0.6) is 5.88 Å². The number of ether oxygens (including phenoxy) is 7. The number of hydrogen-bond donors (Lipinski definition) is 3. The zero-order chi connectivity index (χ0) is 61.4. The summed E-state index contributed by atoms with van der Waals surface area (Å²) in [4.78, 5) is 21.5. The van der Waals surface area contributed by atoms with Crippen molar-refractivity contribution in [1.29, 1.82) is 0 Å². The maximum absolute atomic E-state index is 14.4. The Morgan fingerprint density at radius 3 is 2.27 bits per heavy atom. The summed E-state index contributed by atoms with van der Waals surface area (Å²) in [5.74, 6) is 3.03. The number of fused-ring (bicyclic) bond motifs is 6. The van der Waals surface area contributed by atoms with Crippen LogP contribution in [0.15, 0.2) is 84.7 Å². The first-order valence-electron chi connectivity index (χ1n) is 33.1. The van der Waals surface area contributed by atoms with Crippen molar-refractivity contribution < 1.29 is 48.2 Å². The van der Waals surface area contributed by atoms with Crippen LogP contribution in [0.3, 0.4) is 0 Å². The minimum absolute atomic E-state index is 0.00961. The van der Waals surface area contributed by atoms with Crippen LogP contribution in [-0.2, 0) is 48.1 Å². The van der Waals surface area contributed by atoms with Gasteiger partial charge in [-0.05, 0) is 173 Å². The molecule has 0 saturated heterocycles. The van der Waals surface area contributed by atoms with E-state index in [1.54, 1.807) is 10.9 Å². The second kappa shape index (κ2) is 32.3. The number of nitrogens with zero attached hydrogens (tertiary/aromatic N) is 5. The van der Waals surface area contributed by atoms with Crippen LogP contribution < -0.4 is 10.1 Å². The molecule has 1 unspecified atom stereocenters. The van der Waals surface area contributed by atoms with Crippen molar-refractivity contribution in [3.8, 4) is 17.0 Å². The van der Waals surface area contributed by atoms with E-state index < -0.39 is 5.60 Å². The van der Waals surface area contributed by atoms with Gasteiger partial charge in [-0.25, -0.2) is 9.67 Å². The molecule has 0 spiro atoms. The largest absolute Gasteiger partial charge is 0.475 e. The van der Waals surface area contributed by atoms with E-state index in [2.05, 4.69) is 65.7 Å². The van der Waals surface area contributed by atoms with Crippen molar-refractivity contribution in [2.45, 2.75) is 173 Å². The minimum Gasteiger partial charge on any atom is -0.475 e. The van der Waals surface area contributed by atoms with Crippen molar-refractivity contribution in [3.63, 3.8) is 0 Å². The lowest BCUT2D eigenvalue weighted by atomic mass is 9.46. The number of aliphatic hydroxyl groups excluding tert-OH is 1. The smallest absolute Gasteiger partial charge is 0.266 e. The third kappa shape index (κ3) is 17.0. The molecule has 5 aliphatic rings. The number of unbranched alkanes of at least 4 members (excludes halogenated alkanes) is 3. The molecule has 3 aromatic heterocycles. The van der Waals surface area contributed by atoms with Crippen molar-refractivity contribution in [2.75, 3.05) is 86.3 Å². The summed E-state index contributed by atoms with van der Waals surface area (Å²) in [6, 6.07) is 20.8. The fourth-order valence-corrected chi connectivity index (χ4v) is 17.4. The molecule has 0 bridgehead atoms. The van der Waals surface area contributed by atoms with Gasteiger partial charge >= 0.3 is 0 Å². The van der Waals surface area contributed by atoms with Gasteiger partial charge in [0.05, 0.1) is 102 Å². The number of thiophene rings is 1. The van der Waals surface area contributed by atoms with Crippen molar-refractivity contribution in [3.05, 3.63) is 106 Å². The molecular formula is C70H99ClN6O10S. The Kier molecular flexibility index (Phi) is 24.4. The van der Waals surface area contributed by atoms with E-state index in [1.807, 2.05) is 60.6 Å². The molecule has 10 rings (SSSR count). The quantitative estimate of drug-likeness (QED) is 0.0257. The molecule has 3 heterocycles. The first-order chi connectivity index (χ1) is 42.8. The lowest BCUT2D eigenvalue weighted by molar-refractivity contribution is -0.105. The molecule has 5 aromatic rings. The summed E-state index contributed by atoms with van der Waals surface area (Å²) >= 11 is 8.35. The van der Waals surface area contributed by atoms with E-state index in [0.717, 1.165) is 134 Å². The van der Waals surface area contributed by atoms with E-state index in [0.29, 0.717) is 126 Å². The van der Waals surface area contributed by atoms with Gasteiger partial charge in [0.25, 0.3) is 5.91 Å². The second-order valence-corrected chi connectivity index (χ2v) is 27.8. The molecule has 3 N–H and O–H groups in total. The number of benzene rings is 2. The van der Waals surface area contributed by atoms with Crippen LogP contribution in [0.1, 0.15) is 151 Å². The zero-order valence-corrected chi connectivity index (χ0v) is 54.4.